The monoisotopic (exact) mass is 304 g/mol. The molecule has 0 radical (unpaired) electrons. The number of carbonyl (C=O) groups excluding carboxylic acids is 1. The van der Waals surface area contributed by atoms with Gasteiger partial charge in [0.2, 0.25) is 5.91 Å². The molecule has 1 aromatic carbocycles. The summed E-state index contributed by atoms with van der Waals surface area (Å²) in [5, 5.41) is 0.313. The van der Waals surface area contributed by atoms with Crippen LogP contribution in [0.3, 0.4) is 0 Å². The number of carbonyl (C=O) groups is 1. The number of pyridine rings is 1. The van der Waals surface area contributed by atoms with Crippen molar-refractivity contribution in [3.8, 4) is 0 Å². The van der Waals surface area contributed by atoms with Crippen LogP contribution in [0.25, 0.3) is 6.08 Å². The summed E-state index contributed by atoms with van der Waals surface area (Å²) >= 11 is 5.95. The van der Waals surface area contributed by atoms with E-state index in [1.54, 1.807) is 43.7 Å². The maximum Gasteiger partial charge on any atom is 0.246 e. The zero-order chi connectivity index (χ0) is 15.2. The van der Waals surface area contributed by atoms with E-state index in [-0.39, 0.29) is 12.5 Å². The summed E-state index contributed by atoms with van der Waals surface area (Å²) in [6.45, 7) is 0.116. The first-order valence-corrected chi connectivity index (χ1v) is 6.72. The first kappa shape index (κ1) is 15.2. The van der Waals surface area contributed by atoms with Crippen molar-refractivity contribution < 1.29 is 9.18 Å². The van der Waals surface area contributed by atoms with E-state index in [2.05, 4.69) is 4.98 Å². The van der Waals surface area contributed by atoms with Crippen molar-refractivity contribution in [2.75, 3.05) is 7.05 Å². The highest BCUT2D eigenvalue weighted by atomic mass is 35.5. The van der Waals surface area contributed by atoms with Crippen molar-refractivity contribution in [2.45, 2.75) is 6.54 Å². The van der Waals surface area contributed by atoms with Gasteiger partial charge in [0, 0.05) is 42.6 Å². The Bertz CT molecular complexity index is 638. The second-order valence-corrected chi connectivity index (χ2v) is 4.92. The smallest absolute Gasteiger partial charge is 0.246 e. The van der Waals surface area contributed by atoms with Crippen molar-refractivity contribution in [1.82, 2.24) is 9.88 Å². The number of hydrogen-bond acceptors (Lipinski definition) is 2. The highest BCUT2D eigenvalue weighted by molar-refractivity contribution is 6.31. The van der Waals surface area contributed by atoms with Gasteiger partial charge in [0.15, 0.2) is 0 Å². The van der Waals surface area contributed by atoms with E-state index in [0.29, 0.717) is 10.6 Å². The van der Waals surface area contributed by atoms with Crippen molar-refractivity contribution in [1.29, 1.82) is 0 Å². The molecule has 1 aromatic heterocycles. The zero-order valence-electron chi connectivity index (χ0n) is 11.5. The lowest BCUT2D eigenvalue weighted by molar-refractivity contribution is -0.125. The first-order valence-electron chi connectivity index (χ1n) is 6.34. The largest absolute Gasteiger partial charge is 0.338 e. The second kappa shape index (κ2) is 6.99. The van der Waals surface area contributed by atoms with Crippen LogP contribution in [0.1, 0.15) is 11.1 Å². The summed E-state index contributed by atoms with van der Waals surface area (Å²) in [6, 6.07) is 8.04. The third-order valence-electron chi connectivity index (χ3n) is 2.96. The quantitative estimate of drug-likeness (QED) is 0.809. The Kier molecular flexibility index (Phi) is 5.06. The molecule has 0 saturated carbocycles. The Morgan fingerprint density at radius 2 is 2.05 bits per heavy atom. The van der Waals surface area contributed by atoms with Crippen LogP contribution in [-0.4, -0.2) is 22.8 Å². The molecule has 3 nitrogen and oxygen atoms in total. The molecule has 2 aromatic rings. The van der Waals surface area contributed by atoms with Gasteiger partial charge in [-0.2, -0.15) is 0 Å². The summed E-state index contributed by atoms with van der Waals surface area (Å²) in [6.07, 6.45) is 6.41. The van der Waals surface area contributed by atoms with Crippen molar-refractivity contribution in [2.24, 2.45) is 0 Å². The molecule has 1 amide bonds. The van der Waals surface area contributed by atoms with Crippen molar-refractivity contribution >= 4 is 23.6 Å². The van der Waals surface area contributed by atoms with Gasteiger partial charge in [0.25, 0.3) is 0 Å². The van der Waals surface area contributed by atoms with Crippen LogP contribution in [0.5, 0.6) is 0 Å². The van der Waals surface area contributed by atoms with Crippen molar-refractivity contribution in [3.05, 3.63) is 70.8 Å². The lowest BCUT2D eigenvalue weighted by atomic mass is 10.2. The van der Waals surface area contributed by atoms with E-state index in [1.807, 2.05) is 0 Å². The molecule has 0 aliphatic heterocycles. The van der Waals surface area contributed by atoms with Gasteiger partial charge in [-0.05, 0) is 35.9 Å². The molecular weight excluding hydrogens is 291 g/mol. The Balaban J connectivity index is 2.05. The van der Waals surface area contributed by atoms with E-state index in [1.165, 1.54) is 23.1 Å². The van der Waals surface area contributed by atoms with Gasteiger partial charge < -0.3 is 4.90 Å². The van der Waals surface area contributed by atoms with Crippen LogP contribution in [0, 0.1) is 5.82 Å². The third-order valence-corrected chi connectivity index (χ3v) is 3.31. The number of hydrogen-bond donors (Lipinski definition) is 0. The Labute approximate surface area is 127 Å². The third kappa shape index (κ3) is 4.13. The van der Waals surface area contributed by atoms with Gasteiger partial charge in [-0.15, -0.1) is 0 Å². The Morgan fingerprint density at radius 3 is 2.71 bits per heavy atom. The molecule has 5 heteroatoms. The van der Waals surface area contributed by atoms with E-state index < -0.39 is 5.82 Å². The molecule has 0 fully saturated rings. The standard InChI is InChI=1S/C16H14ClFN2O/c1-20(11-13-14(17)3-2-4-15(13)18)16(21)6-5-12-7-9-19-10-8-12/h2-10H,11H2,1H3/b6-5+. The second-order valence-electron chi connectivity index (χ2n) is 4.51. The molecule has 0 aliphatic carbocycles. The molecule has 0 saturated heterocycles. The minimum Gasteiger partial charge on any atom is -0.338 e. The molecule has 108 valence electrons. The van der Waals surface area contributed by atoms with E-state index in [9.17, 15) is 9.18 Å². The Hall–Kier alpha value is -2.20. The Morgan fingerprint density at radius 1 is 1.33 bits per heavy atom. The lowest BCUT2D eigenvalue weighted by Gasteiger charge is -2.16. The predicted octanol–water partition coefficient (Wildman–Crippen LogP) is 3.55. The number of rotatable bonds is 4. The van der Waals surface area contributed by atoms with Crippen LogP contribution in [0.15, 0.2) is 48.8 Å². The van der Waals surface area contributed by atoms with Gasteiger partial charge in [-0.1, -0.05) is 17.7 Å². The summed E-state index contributed by atoms with van der Waals surface area (Å²) < 4.78 is 13.7. The maximum absolute atomic E-state index is 13.7. The molecule has 0 unspecified atom stereocenters. The summed E-state index contributed by atoms with van der Waals surface area (Å²) in [4.78, 5) is 17.3. The molecule has 2 rings (SSSR count). The average Bonchev–Trinajstić information content (AvgIpc) is 2.49. The maximum atomic E-state index is 13.7. The first-order chi connectivity index (χ1) is 10.1. The zero-order valence-corrected chi connectivity index (χ0v) is 12.2. The summed E-state index contributed by atoms with van der Waals surface area (Å²) in [7, 11) is 1.60. The number of aromatic nitrogens is 1. The molecule has 21 heavy (non-hydrogen) atoms. The molecule has 0 spiro atoms. The topological polar surface area (TPSA) is 33.2 Å². The average molecular weight is 305 g/mol. The van der Waals surface area contributed by atoms with E-state index in [0.717, 1.165) is 5.56 Å². The number of benzene rings is 1. The van der Waals surface area contributed by atoms with Crippen LogP contribution in [0.4, 0.5) is 4.39 Å². The fraction of sp³-hybridized carbons (Fsp3) is 0.125. The summed E-state index contributed by atoms with van der Waals surface area (Å²) in [5.74, 6) is -0.647. The molecule has 0 N–H and O–H groups in total. The highest BCUT2D eigenvalue weighted by Crippen LogP contribution is 2.20. The minimum absolute atomic E-state index is 0.116. The summed E-state index contributed by atoms with van der Waals surface area (Å²) in [5.41, 5.74) is 1.18. The van der Waals surface area contributed by atoms with E-state index in [4.69, 9.17) is 11.6 Å². The molecule has 1 heterocycles. The number of nitrogens with zero attached hydrogens (tertiary/aromatic N) is 2. The lowest BCUT2D eigenvalue weighted by Crippen LogP contribution is -2.24. The van der Waals surface area contributed by atoms with Crippen LogP contribution in [-0.2, 0) is 11.3 Å². The van der Waals surface area contributed by atoms with Gasteiger partial charge >= 0.3 is 0 Å². The van der Waals surface area contributed by atoms with Crippen LogP contribution >= 0.6 is 11.6 Å². The normalized spacial score (nSPS) is 10.8. The van der Waals surface area contributed by atoms with Crippen LogP contribution in [0.2, 0.25) is 5.02 Å². The highest BCUT2D eigenvalue weighted by Gasteiger charge is 2.12. The molecule has 0 aliphatic rings. The van der Waals surface area contributed by atoms with Gasteiger partial charge in [0.05, 0.1) is 0 Å². The van der Waals surface area contributed by atoms with Crippen molar-refractivity contribution in [3.63, 3.8) is 0 Å². The van der Waals surface area contributed by atoms with Gasteiger partial charge in [-0.25, -0.2) is 4.39 Å². The SMILES string of the molecule is CN(Cc1c(F)cccc1Cl)C(=O)/C=C/c1ccncc1. The molecule has 0 atom stereocenters. The van der Waals surface area contributed by atoms with Gasteiger partial charge in [0.1, 0.15) is 5.82 Å². The minimum atomic E-state index is -0.416. The fourth-order valence-corrected chi connectivity index (χ4v) is 1.99. The number of halogens is 2. The van der Waals surface area contributed by atoms with Gasteiger partial charge in [-0.3, -0.25) is 9.78 Å². The number of likely N-dealkylation sites (N-methyl/N-ethyl adjacent to an activating group) is 1. The predicted molar refractivity (Wildman–Crippen MR) is 81.2 cm³/mol. The van der Waals surface area contributed by atoms with E-state index >= 15 is 0 Å². The number of amides is 1. The fourth-order valence-electron chi connectivity index (χ4n) is 1.77. The molecular formula is C16H14ClFN2O. The van der Waals surface area contributed by atoms with Crippen LogP contribution < -0.4 is 0 Å². The molecule has 0 bridgehead atoms.